The van der Waals surface area contributed by atoms with Gasteiger partial charge in [-0.1, -0.05) is 91.0 Å². The van der Waals surface area contributed by atoms with E-state index in [4.69, 9.17) is 9.15 Å². The van der Waals surface area contributed by atoms with Crippen LogP contribution < -0.4 is 38.2 Å². The number of hydrogen-bond donors (Lipinski definition) is 0. The van der Waals surface area contributed by atoms with E-state index in [0.717, 1.165) is 77.4 Å². The Balaban J connectivity index is 0.00000351. The molecule has 8 rings (SSSR count). The summed E-state index contributed by atoms with van der Waals surface area (Å²) in [5.41, 5.74) is 8.37. The van der Waals surface area contributed by atoms with Crippen LogP contribution in [0, 0.1) is 0 Å². The van der Waals surface area contributed by atoms with Crippen LogP contribution in [0.25, 0.3) is 44.3 Å². The van der Waals surface area contributed by atoms with Crippen molar-refractivity contribution in [3.8, 4) is 5.75 Å². The molecule has 1 aromatic heterocycles. The second kappa shape index (κ2) is 13.2. The van der Waals surface area contributed by atoms with Crippen LogP contribution in [0.15, 0.2) is 143 Å². The lowest BCUT2D eigenvalue weighted by molar-refractivity contribution is -0.674. The van der Waals surface area contributed by atoms with E-state index in [-0.39, 0.29) is 24.0 Å². The van der Waals surface area contributed by atoms with Gasteiger partial charge in [0.25, 0.3) is 5.52 Å². The molecule has 5 heteroatoms. The molecule has 1 aliphatic carbocycles. The van der Waals surface area contributed by atoms with E-state index in [1.165, 1.54) is 33.1 Å². The second-order valence-electron chi connectivity index (χ2n) is 12.0. The number of nitrogens with zero attached hydrogens (tertiary/aromatic N) is 2. The van der Waals surface area contributed by atoms with E-state index < -0.39 is 0 Å². The number of hydrogen-bond acceptors (Lipinski definition) is 3. The summed E-state index contributed by atoms with van der Waals surface area (Å²) in [6.07, 6.45) is 12.0. The Hall–Kier alpha value is -4.62. The van der Waals surface area contributed by atoms with Gasteiger partial charge < -0.3 is 38.0 Å². The lowest BCUT2D eigenvalue weighted by Crippen LogP contribution is -3.00. The second-order valence-corrected chi connectivity index (χ2v) is 12.0. The average Bonchev–Trinajstić information content (AvgIpc) is 3.67. The Morgan fingerprint density at radius 3 is 2.26 bits per heavy atom. The minimum Gasteiger partial charge on any atom is -1.00 e. The van der Waals surface area contributed by atoms with Gasteiger partial charge in [-0.2, -0.15) is 4.57 Å². The van der Waals surface area contributed by atoms with Crippen LogP contribution >= 0.6 is 0 Å². The fraction of sp³-hybridized carbons (Fsp3) is 0.167. The first kappa shape index (κ1) is 31.0. The van der Waals surface area contributed by atoms with Crippen molar-refractivity contribution in [1.82, 2.24) is 0 Å². The minimum atomic E-state index is 0. The van der Waals surface area contributed by atoms with Gasteiger partial charge in [0.2, 0.25) is 11.5 Å². The van der Waals surface area contributed by atoms with Crippen molar-refractivity contribution in [2.24, 2.45) is 0 Å². The summed E-state index contributed by atoms with van der Waals surface area (Å²) in [5.74, 6) is 2.68. The highest BCUT2D eigenvalue weighted by molar-refractivity contribution is 6.02. The normalized spacial score (nSPS) is 16.5. The van der Waals surface area contributed by atoms with Gasteiger partial charge in [-0.05, 0) is 90.4 Å². The van der Waals surface area contributed by atoms with E-state index in [0.29, 0.717) is 0 Å². The van der Waals surface area contributed by atoms with Gasteiger partial charge in [0, 0.05) is 23.4 Å². The molecule has 0 saturated carbocycles. The number of benzene rings is 5. The summed E-state index contributed by atoms with van der Waals surface area (Å²) < 4.78 is 15.4. The molecular weight excluding hydrogens is 691 g/mol. The molecule has 0 radical (unpaired) electrons. The van der Waals surface area contributed by atoms with Crippen molar-refractivity contribution in [2.45, 2.75) is 39.7 Å². The quantitative estimate of drug-likeness (QED) is 0.133. The molecule has 0 atom stereocenters. The van der Waals surface area contributed by atoms with Gasteiger partial charge in [-0.3, -0.25) is 0 Å². The molecule has 0 fully saturated rings. The topological polar surface area (TPSA) is 29.5 Å². The first-order valence-electron chi connectivity index (χ1n) is 16.4. The molecule has 0 unspecified atom stereocenters. The van der Waals surface area contributed by atoms with Crippen molar-refractivity contribution in [3.05, 3.63) is 150 Å². The molecule has 47 heavy (non-hydrogen) atoms. The van der Waals surface area contributed by atoms with Gasteiger partial charge >= 0.3 is 5.89 Å². The fourth-order valence-corrected chi connectivity index (χ4v) is 7.14. The number of aromatic nitrogens is 1. The highest BCUT2D eigenvalue weighted by atomic mass is 127. The highest BCUT2D eigenvalue weighted by Crippen LogP contribution is 2.44. The van der Waals surface area contributed by atoms with Crippen molar-refractivity contribution in [2.75, 3.05) is 11.4 Å². The molecule has 1 aliphatic heterocycles. The Labute approximate surface area is 293 Å². The predicted molar refractivity (Wildman–Crippen MR) is 190 cm³/mol. The monoisotopic (exact) mass is 728 g/mol. The third-order valence-electron chi connectivity index (χ3n) is 9.33. The summed E-state index contributed by atoms with van der Waals surface area (Å²) >= 11 is 0. The molecule has 0 amide bonds. The molecule has 2 heterocycles. The minimum absolute atomic E-state index is 0. The van der Waals surface area contributed by atoms with E-state index in [1.807, 2.05) is 0 Å². The molecule has 5 aromatic carbocycles. The smallest absolute Gasteiger partial charge is 0.374 e. The molecule has 0 bridgehead atoms. The third-order valence-corrected chi connectivity index (χ3v) is 9.33. The summed E-state index contributed by atoms with van der Waals surface area (Å²) in [7, 11) is 0. The summed E-state index contributed by atoms with van der Waals surface area (Å²) in [6, 6.07) is 36.4. The van der Waals surface area contributed by atoms with E-state index in [1.54, 1.807) is 0 Å². The number of oxazole rings is 1. The van der Waals surface area contributed by atoms with Crippen molar-refractivity contribution in [3.63, 3.8) is 0 Å². The van der Waals surface area contributed by atoms with Crippen molar-refractivity contribution < 1.29 is 37.7 Å². The average molecular weight is 729 g/mol. The maximum atomic E-state index is 6.57. The Bertz CT molecular complexity index is 2240. The number of allylic oxidation sites excluding steroid dienone is 6. The standard InChI is InChI=1S/C42H37N2O2.HI/c1-3-43-36-25-21-29-13-8-10-19-34(29)41(36)45-38(43)27-23-32-17-12-18-33(40(32)31-15-6-5-7-16-31)24-28-39-44(4-2)37-26-22-30-14-9-11-20-35(30)42(37)46-39;/h5-11,13-16,19-28H,3-4,12,17-18H2,1-2H3;1H/q+1;/p-1. The number of anilines is 1. The van der Waals surface area contributed by atoms with E-state index in [9.17, 15) is 0 Å². The zero-order valence-electron chi connectivity index (χ0n) is 26.7. The molecule has 0 saturated heterocycles. The zero-order valence-corrected chi connectivity index (χ0v) is 28.9. The van der Waals surface area contributed by atoms with E-state index in [2.05, 4.69) is 151 Å². The summed E-state index contributed by atoms with van der Waals surface area (Å²) in [4.78, 5) is 2.27. The number of rotatable bonds is 6. The third kappa shape index (κ3) is 5.57. The molecule has 0 spiro atoms. The molecule has 6 aromatic rings. The number of fused-ring (bicyclic) bond motifs is 6. The molecule has 0 N–H and O–H groups in total. The largest absolute Gasteiger partial charge is 1.00 e. The van der Waals surface area contributed by atoms with Crippen LogP contribution in [0.1, 0.15) is 44.6 Å². The Morgan fingerprint density at radius 2 is 1.47 bits per heavy atom. The Kier molecular flexibility index (Phi) is 8.74. The SMILES string of the molecule is CCN1/C(=C/C=C2\CCCC(/C=C/c3oc4c5ccccc5ccc4[n+]3CC)=C2c2ccccc2)Oc2c1ccc1ccccc21.[I-]. The Morgan fingerprint density at radius 1 is 0.745 bits per heavy atom. The number of aryl methyl sites for hydroxylation is 1. The van der Waals surface area contributed by atoms with Crippen LogP contribution in [0.3, 0.4) is 0 Å². The van der Waals surface area contributed by atoms with Crippen LogP contribution in [-0.4, -0.2) is 6.54 Å². The van der Waals surface area contributed by atoms with Gasteiger partial charge in [0.1, 0.15) is 6.54 Å². The van der Waals surface area contributed by atoms with Gasteiger partial charge in [-0.15, -0.1) is 0 Å². The van der Waals surface area contributed by atoms with Crippen LogP contribution in [-0.2, 0) is 6.54 Å². The molecule has 4 nitrogen and oxygen atoms in total. The molecule has 2 aliphatic rings. The number of ether oxygens (including phenoxy) is 1. The first-order chi connectivity index (χ1) is 22.7. The molecule has 234 valence electrons. The van der Waals surface area contributed by atoms with E-state index >= 15 is 0 Å². The lowest BCUT2D eigenvalue weighted by Gasteiger charge is -2.22. The zero-order chi connectivity index (χ0) is 31.0. The first-order valence-corrected chi connectivity index (χ1v) is 16.4. The van der Waals surface area contributed by atoms with Crippen molar-refractivity contribution >= 4 is 50.0 Å². The fourth-order valence-electron chi connectivity index (χ4n) is 7.14. The van der Waals surface area contributed by atoms with Crippen molar-refractivity contribution in [1.29, 1.82) is 0 Å². The lowest BCUT2D eigenvalue weighted by atomic mass is 9.83. The van der Waals surface area contributed by atoms with Crippen LogP contribution in [0.5, 0.6) is 5.75 Å². The predicted octanol–water partition coefficient (Wildman–Crippen LogP) is 7.39. The van der Waals surface area contributed by atoms with Crippen LogP contribution in [0.4, 0.5) is 5.69 Å². The highest BCUT2D eigenvalue weighted by Gasteiger charge is 2.27. The van der Waals surface area contributed by atoms with Crippen LogP contribution in [0.2, 0.25) is 0 Å². The van der Waals surface area contributed by atoms with Gasteiger partial charge in [0.05, 0.1) is 11.8 Å². The summed E-state index contributed by atoms with van der Waals surface area (Å²) in [5, 5.41) is 4.67. The maximum Gasteiger partial charge on any atom is 0.374 e. The van der Waals surface area contributed by atoms with Gasteiger partial charge in [-0.25, -0.2) is 0 Å². The maximum absolute atomic E-state index is 6.57. The summed E-state index contributed by atoms with van der Waals surface area (Å²) in [6.45, 7) is 6.02. The number of halogens is 1. The van der Waals surface area contributed by atoms with Gasteiger partial charge in [0.15, 0.2) is 5.75 Å². The molecular formula is C42H37IN2O2.